The van der Waals surface area contributed by atoms with Crippen LogP contribution in [0.25, 0.3) is 0 Å². The Balaban J connectivity index is 3.03. The van der Waals surface area contributed by atoms with Crippen LogP contribution < -0.4 is 0 Å². The van der Waals surface area contributed by atoms with E-state index in [1.54, 1.807) is 19.1 Å². The second-order valence-corrected chi connectivity index (χ2v) is 5.62. The molecule has 4 heteroatoms. The Bertz CT molecular complexity index is 424. The molecule has 0 atom stereocenters. The summed E-state index contributed by atoms with van der Waals surface area (Å²) in [5.41, 5.74) is 1.12. The third kappa shape index (κ3) is 2.80. The van der Waals surface area contributed by atoms with Gasteiger partial charge in [-0.3, -0.25) is 0 Å². The summed E-state index contributed by atoms with van der Waals surface area (Å²) < 4.78 is 35.7. The number of benzene rings is 1. The monoisotopic (exact) mass is 216 g/mol. The van der Waals surface area contributed by atoms with Crippen molar-refractivity contribution in [3.05, 3.63) is 35.1 Å². The zero-order valence-corrected chi connectivity index (χ0v) is 9.07. The fourth-order valence-corrected chi connectivity index (χ4v) is 2.05. The minimum Gasteiger partial charge on any atom is -0.229 e. The molecule has 0 saturated heterocycles. The molecule has 0 aliphatic carbocycles. The van der Waals surface area contributed by atoms with E-state index in [0.29, 0.717) is 0 Å². The molecular weight excluding hydrogens is 203 g/mol. The van der Waals surface area contributed by atoms with Gasteiger partial charge in [-0.25, -0.2) is 12.8 Å². The lowest BCUT2D eigenvalue weighted by molar-refractivity contribution is 0.588. The molecule has 0 spiro atoms. The minimum atomic E-state index is -3.15. The topological polar surface area (TPSA) is 34.1 Å². The molecule has 2 nitrogen and oxygen atoms in total. The third-order valence-corrected chi connectivity index (χ3v) is 3.65. The number of sulfone groups is 1. The maximum absolute atomic E-state index is 13.2. The van der Waals surface area contributed by atoms with Crippen LogP contribution in [0.5, 0.6) is 0 Å². The van der Waals surface area contributed by atoms with Gasteiger partial charge in [0.15, 0.2) is 9.84 Å². The zero-order chi connectivity index (χ0) is 10.8. The van der Waals surface area contributed by atoms with Crippen LogP contribution in [0, 0.1) is 12.7 Å². The number of halogens is 1. The van der Waals surface area contributed by atoms with E-state index in [4.69, 9.17) is 0 Å². The first-order valence-electron chi connectivity index (χ1n) is 4.40. The lowest BCUT2D eigenvalue weighted by atomic mass is 10.1. The Morgan fingerprint density at radius 2 is 2.00 bits per heavy atom. The van der Waals surface area contributed by atoms with Crippen LogP contribution in [0.4, 0.5) is 4.39 Å². The molecule has 0 fully saturated rings. The lowest BCUT2D eigenvalue weighted by Crippen LogP contribution is -2.08. The Labute approximate surface area is 83.7 Å². The number of aryl methyl sites for hydroxylation is 1. The molecule has 14 heavy (non-hydrogen) atoms. The molecule has 0 radical (unpaired) electrons. The number of hydrogen-bond donors (Lipinski definition) is 0. The van der Waals surface area contributed by atoms with Gasteiger partial charge in [0.2, 0.25) is 0 Å². The van der Waals surface area contributed by atoms with E-state index in [1.165, 1.54) is 6.07 Å². The smallest absolute Gasteiger partial charge is 0.154 e. The van der Waals surface area contributed by atoms with Crippen LogP contribution in [0.1, 0.15) is 18.1 Å². The van der Waals surface area contributed by atoms with Crippen molar-refractivity contribution in [3.63, 3.8) is 0 Å². The van der Waals surface area contributed by atoms with Crippen molar-refractivity contribution in [1.29, 1.82) is 0 Å². The average molecular weight is 216 g/mol. The van der Waals surface area contributed by atoms with Gasteiger partial charge in [-0.2, -0.15) is 0 Å². The Morgan fingerprint density at radius 3 is 2.57 bits per heavy atom. The Hall–Kier alpha value is -0.900. The zero-order valence-electron chi connectivity index (χ0n) is 8.25. The van der Waals surface area contributed by atoms with Gasteiger partial charge in [0.25, 0.3) is 0 Å². The highest BCUT2D eigenvalue weighted by molar-refractivity contribution is 7.90. The summed E-state index contributed by atoms with van der Waals surface area (Å²) in [6.07, 6.45) is 0. The Kier molecular flexibility index (Phi) is 3.26. The van der Waals surface area contributed by atoms with E-state index in [9.17, 15) is 12.8 Å². The first-order valence-corrected chi connectivity index (χ1v) is 6.22. The molecule has 0 heterocycles. The van der Waals surface area contributed by atoms with E-state index in [-0.39, 0.29) is 17.1 Å². The standard InChI is InChI=1S/C10H13FO2S/c1-3-14(12,13)7-9-6-8(2)4-5-10(9)11/h4-6H,3,7H2,1-2H3. The van der Waals surface area contributed by atoms with Gasteiger partial charge in [-0.15, -0.1) is 0 Å². The summed E-state index contributed by atoms with van der Waals surface area (Å²) in [5, 5.41) is 0. The quantitative estimate of drug-likeness (QED) is 0.775. The highest BCUT2D eigenvalue weighted by Gasteiger charge is 2.12. The molecule has 0 unspecified atom stereocenters. The van der Waals surface area contributed by atoms with Crippen molar-refractivity contribution in [2.24, 2.45) is 0 Å². The summed E-state index contributed by atoms with van der Waals surface area (Å²) in [5.74, 6) is -0.621. The van der Waals surface area contributed by atoms with Gasteiger partial charge in [0.1, 0.15) is 5.82 Å². The summed E-state index contributed by atoms with van der Waals surface area (Å²) in [6, 6.07) is 4.50. The van der Waals surface area contributed by atoms with E-state index in [0.717, 1.165) is 5.56 Å². The lowest BCUT2D eigenvalue weighted by Gasteiger charge is -2.04. The van der Waals surface area contributed by atoms with Crippen LogP contribution >= 0.6 is 0 Å². The molecule has 0 aliphatic rings. The van der Waals surface area contributed by atoms with Crippen molar-refractivity contribution >= 4 is 9.84 Å². The van der Waals surface area contributed by atoms with Crippen LogP contribution in [-0.2, 0) is 15.6 Å². The predicted molar refractivity (Wildman–Crippen MR) is 54.3 cm³/mol. The fraction of sp³-hybridized carbons (Fsp3) is 0.400. The summed E-state index contributed by atoms with van der Waals surface area (Å²) in [4.78, 5) is 0. The van der Waals surface area contributed by atoms with E-state index >= 15 is 0 Å². The van der Waals surface area contributed by atoms with Crippen molar-refractivity contribution < 1.29 is 12.8 Å². The molecule has 1 rings (SSSR count). The first kappa shape index (κ1) is 11.2. The van der Waals surface area contributed by atoms with Crippen molar-refractivity contribution in [1.82, 2.24) is 0 Å². The van der Waals surface area contributed by atoms with E-state index in [2.05, 4.69) is 0 Å². The molecule has 0 N–H and O–H groups in total. The summed E-state index contributed by atoms with van der Waals surface area (Å²) in [6.45, 7) is 3.37. The maximum Gasteiger partial charge on any atom is 0.154 e. The molecule has 0 aliphatic heterocycles. The summed E-state index contributed by atoms with van der Waals surface area (Å²) in [7, 11) is -3.15. The molecule has 0 aromatic heterocycles. The van der Waals surface area contributed by atoms with Crippen molar-refractivity contribution in [2.45, 2.75) is 19.6 Å². The predicted octanol–water partition coefficient (Wildman–Crippen LogP) is 2.07. The fourth-order valence-electron chi connectivity index (χ4n) is 1.15. The van der Waals surface area contributed by atoms with Crippen LogP contribution in [-0.4, -0.2) is 14.2 Å². The average Bonchev–Trinajstić information content (AvgIpc) is 2.11. The second-order valence-electron chi connectivity index (χ2n) is 3.27. The van der Waals surface area contributed by atoms with Gasteiger partial charge in [-0.1, -0.05) is 24.6 Å². The second kappa shape index (κ2) is 4.09. The third-order valence-electron chi connectivity index (χ3n) is 2.02. The van der Waals surface area contributed by atoms with E-state index in [1.807, 2.05) is 6.92 Å². The largest absolute Gasteiger partial charge is 0.229 e. The molecule has 78 valence electrons. The van der Waals surface area contributed by atoms with E-state index < -0.39 is 15.7 Å². The van der Waals surface area contributed by atoms with Crippen LogP contribution in [0.2, 0.25) is 0 Å². The highest BCUT2D eigenvalue weighted by Crippen LogP contribution is 2.13. The van der Waals surface area contributed by atoms with Gasteiger partial charge in [0, 0.05) is 11.3 Å². The molecule has 1 aromatic carbocycles. The number of rotatable bonds is 3. The molecule has 0 saturated carbocycles. The molecule has 0 bridgehead atoms. The van der Waals surface area contributed by atoms with Crippen LogP contribution in [0.15, 0.2) is 18.2 Å². The minimum absolute atomic E-state index is 0.0420. The van der Waals surface area contributed by atoms with Crippen molar-refractivity contribution in [2.75, 3.05) is 5.75 Å². The molecule has 1 aromatic rings. The van der Waals surface area contributed by atoms with Gasteiger partial charge in [-0.05, 0) is 13.0 Å². The normalized spacial score (nSPS) is 11.6. The SMILES string of the molecule is CCS(=O)(=O)Cc1cc(C)ccc1F. The molecular formula is C10H13FO2S. The van der Waals surface area contributed by atoms with Crippen molar-refractivity contribution in [3.8, 4) is 0 Å². The Morgan fingerprint density at radius 1 is 1.36 bits per heavy atom. The number of hydrogen-bond acceptors (Lipinski definition) is 2. The first-order chi connectivity index (χ1) is 6.44. The highest BCUT2D eigenvalue weighted by atomic mass is 32.2. The van der Waals surface area contributed by atoms with Gasteiger partial charge >= 0.3 is 0 Å². The summed E-state index contributed by atoms with van der Waals surface area (Å²) >= 11 is 0. The van der Waals surface area contributed by atoms with Gasteiger partial charge in [0.05, 0.1) is 5.75 Å². The molecule has 0 amide bonds. The van der Waals surface area contributed by atoms with Gasteiger partial charge < -0.3 is 0 Å². The maximum atomic E-state index is 13.2. The van der Waals surface area contributed by atoms with Crippen LogP contribution in [0.3, 0.4) is 0 Å².